The largest absolute Gasteiger partial charge is 0.481 e. The average molecular weight is 279 g/mol. The van der Waals surface area contributed by atoms with Crippen LogP contribution in [0.5, 0.6) is 0 Å². The van der Waals surface area contributed by atoms with Crippen molar-refractivity contribution >= 4 is 11.9 Å². The summed E-state index contributed by atoms with van der Waals surface area (Å²) in [5, 5.41) is 8.68. The Hall–Kier alpha value is -1.88. The van der Waals surface area contributed by atoms with Gasteiger partial charge < -0.3 is 15.6 Å². The molecule has 0 amide bonds. The number of benzene rings is 1. The van der Waals surface area contributed by atoms with Crippen LogP contribution in [0, 0.1) is 0 Å². The zero-order valence-electron chi connectivity index (χ0n) is 12.1. The van der Waals surface area contributed by atoms with Gasteiger partial charge >= 0.3 is 11.9 Å². The number of carbonyl (C=O) groups excluding carboxylic acids is 1. The van der Waals surface area contributed by atoms with E-state index in [0.717, 1.165) is 5.56 Å². The minimum absolute atomic E-state index is 0.0155. The number of hydrogen-bond acceptors (Lipinski definition) is 4. The molecule has 0 saturated carbocycles. The van der Waals surface area contributed by atoms with Crippen molar-refractivity contribution in [1.29, 1.82) is 0 Å². The average Bonchev–Trinajstić information content (AvgIpc) is 2.28. The first-order valence-electron chi connectivity index (χ1n) is 6.45. The van der Waals surface area contributed by atoms with Crippen LogP contribution in [0.15, 0.2) is 24.3 Å². The molecule has 0 bridgehead atoms. The Bertz CT molecular complexity index is 474. The molecular formula is C15H21NO4. The second kappa shape index (κ2) is 6.52. The van der Waals surface area contributed by atoms with Crippen molar-refractivity contribution in [3.05, 3.63) is 35.4 Å². The van der Waals surface area contributed by atoms with Crippen LogP contribution in [0.3, 0.4) is 0 Å². The highest BCUT2D eigenvalue weighted by atomic mass is 16.6. The summed E-state index contributed by atoms with van der Waals surface area (Å²) in [5.74, 6) is -1.31. The van der Waals surface area contributed by atoms with Gasteiger partial charge in [0.2, 0.25) is 0 Å². The summed E-state index contributed by atoms with van der Waals surface area (Å²) in [6.45, 7) is 5.37. The van der Waals surface area contributed by atoms with Gasteiger partial charge in [-0.05, 0) is 38.3 Å². The van der Waals surface area contributed by atoms with Crippen LogP contribution >= 0.6 is 0 Å². The first kappa shape index (κ1) is 16.2. The molecule has 110 valence electrons. The Balaban J connectivity index is 2.60. The van der Waals surface area contributed by atoms with Gasteiger partial charge in [0.15, 0.2) is 0 Å². The van der Waals surface area contributed by atoms with E-state index in [-0.39, 0.29) is 6.42 Å². The molecule has 1 rings (SSSR count). The molecule has 0 aliphatic carbocycles. The minimum atomic E-state index is -0.872. The van der Waals surface area contributed by atoms with E-state index in [1.54, 1.807) is 45.0 Å². The van der Waals surface area contributed by atoms with Gasteiger partial charge in [0.25, 0.3) is 0 Å². The number of aliphatic carboxylic acids is 1. The van der Waals surface area contributed by atoms with Gasteiger partial charge in [-0.3, -0.25) is 9.59 Å². The molecule has 1 atom stereocenters. The zero-order chi connectivity index (χ0) is 15.3. The molecule has 0 aromatic heterocycles. The third-order valence-corrected chi connectivity index (χ3v) is 2.54. The summed E-state index contributed by atoms with van der Waals surface area (Å²) in [4.78, 5) is 22.3. The van der Waals surface area contributed by atoms with Gasteiger partial charge in [0.05, 0.1) is 6.42 Å². The van der Waals surface area contributed by atoms with E-state index in [4.69, 9.17) is 15.6 Å². The molecule has 1 aromatic rings. The van der Waals surface area contributed by atoms with Gasteiger partial charge in [-0.2, -0.15) is 0 Å². The number of esters is 1. The minimum Gasteiger partial charge on any atom is -0.481 e. The van der Waals surface area contributed by atoms with Gasteiger partial charge in [-0.1, -0.05) is 24.3 Å². The molecule has 0 radical (unpaired) electrons. The molecular weight excluding hydrogens is 258 g/mol. The first-order chi connectivity index (χ1) is 9.17. The fourth-order valence-electron chi connectivity index (χ4n) is 1.68. The number of carboxylic acids is 1. The molecule has 5 heteroatoms. The van der Waals surface area contributed by atoms with Crippen molar-refractivity contribution in [2.45, 2.75) is 45.3 Å². The summed E-state index contributed by atoms with van der Waals surface area (Å²) < 4.78 is 5.21. The van der Waals surface area contributed by atoms with Crippen LogP contribution in [0.2, 0.25) is 0 Å². The van der Waals surface area contributed by atoms with Crippen molar-refractivity contribution < 1.29 is 19.4 Å². The van der Waals surface area contributed by atoms with Crippen LogP contribution in [0.25, 0.3) is 0 Å². The number of carbonyl (C=O) groups is 2. The van der Waals surface area contributed by atoms with Gasteiger partial charge in [0.1, 0.15) is 11.6 Å². The number of ether oxygens (including phenoxy) is 1. The monoisotopic (exact) mass is 279 g/mol. The topological polar surface area (TPSA) is 89.6 Å². The van der Waals surface area contributed by atoms with Crippen LogP contribution in [-0.2, 0) is 27.2 Å². The van der Waals surface area contributed by atoms with E-state index in [2.05, 4.69) is 0 Å². The first-order valence-corrected chi connectivity index (χ1v) is 6.45. The molecule has 0 heterocycles. The van der Waals surface area contributed by atoms with E-state index in [9.17, 15) is 9.59 Å². The quantitative estimate of drug-likeness (QED) is 0.798. The lowest BCUT2D eigenvalue weighted by Gasteiger charge is -2.22. The Labute approximate surface area is 118 Å². The van der Waals surface area contributed by atoms with Crippen LogP contribution < -0.4 is 5.73 Å². The maximum absolute atomic E-state index is 11.8. The third kappa shape index (κ3) is 5.84. The number of hydrogen-bond donors (Lipinski definition) is 2. The van der Waals surface area contributed by atoms with Gasteiger partial charge in [-0.15, -0.1) is 0 Å². The Kier molecular flexibility index (Phi) is 5.27. The normalized spacial score (nSPS) is 12.8. The Morgan fingerprint density at radius 2 is 1.70 bits per heavy atom. The maximum atomic E-state index is 11.8. The van der Waals surface area contributed by atoms with E-state index in [1.807, 2.05) is 0 Å². The molecule has 0 aliphatic heterocycles. The lowest BCUT2D eigenvalue weighted by Crippen LogP contribution is -2.38. The molecule has 5 nitrogen and oxygen atoms in total. The summed E-state index contributed by atoms with van der Waals surface area (Å²) >= 11 is 0. The van der Waals surface area contributed by atoms with Crippen LogP contribution in [0.4, 0.5) is 0 Å². The Morgan fingerprint density at radius 3 is 2.15 bits per heavy atom. The van der Waals surface area contributed by atoms with E-state index < -0.39 is 23.6 Å². The predicted molar refractivity (Wildman–Crippen MR) is 75.3 cm³/mol. The summed E-state index contributed by atoms with van der Waals surface area (Å²) in [5.41, 5.74) is 6.84. The van der Waals surface area contributed by atoms with Crippen LogP contribution in [-0.4, -0.2) is 28.7 Å². The molecule has 1 aromatic carbocycles. The third-order valence-electron chi connectivity index (χ3n) is 2.54. The highest BCUT2D eigenvalue weighted by molar-refractivity contribution is 5.76. The van der Waals surface area contributed by atoms with Crippen molar-refractivity contribution in [3.63, 3.8) is 0 Å². The molecule has 0 fully saturated rings. The number of carboxylic acid groups (broad SMARTS) is 1. The second-order valence-corrected chi connectivity index (χ2v) is 5.73. The highest BCUT2D eigenvalue weighted by Crippen LogP contribution is 2.11. The molecule has 0 unspecified atom stereocenters. The summed E-state index contributed by atoms with van der Waals surface area (Å²) in [6, 6.07) is 6.29. The second-order valence-electron chi connectivity index (χ2n) is 5.73. The van der Waals surface area contributed by atoms with Gasteiger partial charge in [-0.25, -0.2) is 0 Å². The molecule has 0 spiro atoms. The zero-order valence-corrected chi connectivity index (χ0v) is 12.1. The summed E-state index contributed by atoms with van der Waals surface area (Å²) in [6.07, 6.45) is 0.348. The van der Waals surface area contributed by atoms with E-state index in [1.165, 1.54) is 0 Å². The fourth-order valence-corrected chi connectivity index (χ4v) is 1.68. The lowest BCUT2D eigenvalue weighted by atomic mass is 10.0. The van der Waals surface area contributed by atoms with Crippen molar-refractivity contribution in [1.82, 2.24) is 0 Å². The smallest absolute Gasteiger partial charge is 0.323 e. The van der Waals surface area contributed by atoms with Crippen molar-refractivity contribution in [3.8, 4) is 0 Å². The van der Waals surface area contributed by atoms with E-state index in [0.29, 0.717) is 12.0 Å². The lowest BCUT2D eigenvalue weighted by molar-refractivity contribution is -0.156. The molecule has 3 N–H and O–H groups in total. The SMILES string of the molecule is CC(C)(C)OC(=O)[C@H](N)Cc1ccc(CC(=O)O)cc1. The van der Waals surface area contributed by atoms with Crippen LogP contribution in [0.1, 0.15) is 31.9 Å². The number of nitrogens with two attached hydrogens (primary N) is 1. The molecule has 0 saturated heterocycles. The van der Waals surface area contributed by atoms with E-state index >= 15 is 0 Å². The number of rotatable bonds is 5. The highest BCUT2D eigenvalue weighted by Gasteiger charge is 2.22. The van der Waals surface area contributed by atoms with Crippen molar-refractivity contribution in [2.24, 2.45) is 5.73 Å². The predicted octanol–water partition coefficient (Wildman–Crippen LogP) is 1.53. The Morgan fingerprint density at radius 1 is 1.20 bits per heavy atom. The van der Waals surface area contributed by atoms with Crippen molar-refractivity contribution in [2.75, 3.05) is 0 Å². The maximum Gasteiger partial charge on any atom is 0.323 e. The van der Waals surface area contributed by atoms with Gasteiger partial charge in [0, 0.05) is 0 Å². The standard InChI is InChI=1S/C15H21NO4/c1-15(2,3)20-14(19)12(16)8-10-4-6-11(7-5-10)9-13(17)18/h4-7,12H,8-9,16H2,1-3H3,(H,17,18)/t12-/m1/s1. The molecule has 0 aliphatic rings. The molecule has 20 heavy (non-hydrogen) atoms. The summed E-state index contributed by atoms with van der Waals surface area (Å²) in [7, 11) is 0. The fraction of sp³-hybridized carbons (Fsp3) is 0.467.